The number of carbonyl (C=O) groups excluding carboxylic acids is 1. The van der Waals surface area contributed by atoms with E-state index in [1.54, 1.807) is 6.07 Å². The van der Waals surface area contributed by atoms with E-state index >= 15 is 0 Å². The van der Waals surface area contributed by atoms with Crippen LogP contribution in [-0.4, -0.2) is 35.4 Å². The second-order valence-corrected chi connectivity index (χ2v) is 6.05. The van der Waals surface area contributed by atoms with Gasteiger partial charge in [0.15, 0.2) is 0 Å². The van der Waals surface area contributed by atoms with Crippen molar-refractivity contribution in [1.29, 1.82) is 0 Å². The molecule has 1 aromatic heterocycles. The number of hydrogen-bond donors (Lipinski definition) is 3. The number of benzene rings is 1. The molecule has 0 aliphatic carbocycles. The fourth-order valence-corrected chi connectivity index (χ4v) is 2.54. The fourth-order valence-electron chi connectivity index (χ4n) is 1.58. The van der Waals surface area contributed by atoms with Crippen LogP contribution in [0.5, 0.6) is 0 Å². The number of carboxylic acids is 1. The highest BCUT2D eigenvalue weighted by atomic mass is 32.2. The highest BCUT2D eigenvalue weighted by Gasteiger charge is 2.15. The molecular weight excluding hydrogens is 336 g/mol. The first-order chi connectivity index (χ1) is 11.4. The molecule has 0 aliphatic rings. The summed E-state index contributed by atoms with van der Waals surface area (Å²) in [5.41, 5.74) is 0.310. The predicted octanol–water partition coefficient (Wildman–Crippen LogP) is 0.857. The number of aromatic nitrogens is 2. The molecule has 0 unspecified atom stereocenters. The van der Waals surface area contributed by atoms with E-state index in [1.165, 1.54) is 36.7 Å². The lowest BCUT2D eigenvalue weighted by Crippen LogP contribution is -2.15. The maximum absolute atomic E-state index is 12.2. The van der Waals surface area contributed by atoms with Crippen LogP contribution in [0.15, 0.2) is 59.8 Å². The van der Waals surface area contributed by atoms with Crippen molar-refractivity contribution >= 4 is 33.5 Å². The maximum atomic E-state index is 12.2. The summed E-state index contributed by atoms with van der Waals surface area (Å²) in [6, 6.07) is 6.84. The van der Waals surface area contributed by atoms with Crippen LogP contribution >= 0.6 is 0 Å². The van der Waals surface area contributed by atoms with Crippen molar-refractivity contribution in [3.8, 4) is 0 Å². The molecule has 0 atom stereocenters. The van der Waals surface area contributed by atoms with E-state index < -0.39 is 21.9 Å². The van der Waals surface area contributed by atoms with Gasteiger partial charge >= 0.3 is 5.97 Å². The number of amides is 1. The van der Waals surface area contributed by atoms with Gasteiger partial charge in [0, 0.05) is 30.2 Å². The number of anilines is 2. The quantitative estimate of drug-likeness (QED) is 0.658. The zero-order chi connectivity index (χ0) is 17.6. The average molecular weight is 348 g/mol. The Morgan fingerprint density at radius 2 is 1.67 bits per heavy atom. The Balaban J connectivity index is 2.08. The van der Waals surface area contributed by atoms with Crippen molar-refractivity contribution in [2.75, 3.05) is 10.0 Å². The van der Waals surface area contributed by atoms with Crippen LogP contribution in [0.2, 0.25) is 0 Å². The second-order valence-electron chi connectivity index (χ2n) is 4.36. The van der Waals surface area contributed by atoms with Crippen molar-refractivity contribution in [1.82, 2.24) is 9.97 Å². The molecule has 0 saturated heterocycles. The molecule has 124 valence electrons. The van der Waals surface area contributed by atoms with E-state index in [0.717, 1.165) is 6.08 Å². The van der Waals surface area contributed by atoms with Crippen LogP contribution in [0.1, 0.15) is 0 Å². The van der Waals surface area contributed by atoms with Gasteiger partial charge in [-0.1, -0.05) is 0 Å². The summed E-state index contributed by atoms with van der Waals surface area (Å²) in [6.45, 7) is 0. The van der Waals surface area contributed by atoms with E-state index in [2.05, 4.69) is 20.0 Å². The van der Waals surface area contributed by atoms with E-state index in [1.807, 2.05) is 0 Å². The minimum absolute atomic E-state index is 0.0472. The zero-order valence-electron chi connectivity index (χ0n) is 12.1. The molecule has 0 spiro atoms. The largest absolute Gasteiger partial charge is 0.478 e. The number of carboxylic acid groups (broad SMARTS) is 1. The van der Waals surface area contributed by atoms with Crippen LogP contribution in [0.3, 0.4) is 0 Å². The Kier molecular flexibility index (Phi) is 5.22. The summed E-state index contributed by atoms with van der Waals surface area (Å²) in [5.74, 6) is -1.96. The summed E-state index contributed by atoms with van der Waals surface area (Å²) >= 11 is 0. The molecule has 1 heterocycles. The third-order valence-electron chi connectivity index (χ3n) is 2.60. The number of nitrogens with one attached hydrogen (secondary N) is 2. The van der Waals surface area contributed by atoms with Gasteiger partial charge in [0.25, 0.3) is 10.0 Å². The molecule has 0 aliphatic heterocycles. The minimum Gasteiger partial charge on any atom is -0.478 e. The number of sulfonamides is 1. The van der Waals surface area contributed by atoms with Gasteiger partial charge in [0.2, 0.25) is 11.9 Å². The lowest BCUT2D eigenvalue weighted by atomic mass is 10.3. The molecule has 0 fully saturated rings. The zero-order valence-corrected chi connectivity index (χ0v) is 12.9. The molecule has 0 saturated carbocycles. The van der Waals surface area contributed by atoms with Crippen LogP contribution in [0.4, 0.5) is 11.6 Å². The summed E-state index contributed by atoms with van der Waals surface area (Å²) in [4.78, 5) is 29.2. The Morgan fingerprint density at radius 1 is 1.04 bits per heavy atom. The lowest BCUT2D eigenvalue weighted by molar-refractivity contribution is -0.131. The number of nitrogens with zero attached hydrogens (tertiary/aromatic N) is 2. The Morgan fingerprint density at radius 3 is 2.25 bits per heavy atom. The number of carbonyl (C=O) groups is 2. The molecule has 2 aromatic rings. The minimum atomic E-state index is -3.86. The van der Waals surface area contributed by atoms with Gasteiger partial charge < -0.3 is 10.4 Å². The Labute approximate surface area is 137 Å². The van der Waals surface area contributed by atoms with Gasteiger partial charge in [-0.05, 0) is 30.3 Å². The van der Waals surface area contributed by atoms with Gasteiger partial charge in [-0.3, -0.25) is 4.79 Å². The molecular formula is C14H12N4O5S. The van der Waals surface area contributed by atoms with E-state index in [-0.39, 0.29) is 10.8 Å². The van der Waals surface area contributed by atoms with E-state index in [0.29, 0.717) is 11.8 Å². The van der Waals surface area contributed by atoms with Crippen molar-refractivity contribution in [3.63, 3.8) is 0 Å². The first-order valence-corrected chi connectivity index (χ1v) is 7.97. The highest BCUT2D eigenvalue weighted by Crippen LogP contribution is 2.16. The SMILES string of the molecule is O=C(O)C=CC(=O)Nc1ccc(S(=O)(=O)Nc2ncccn2)cc1. The number of aliphatic carboxylic acids is 1. The fraction of sp³-hybridized carbons (Fsp3) is 0. The third kappa shape index (κ3) is 4.88. The van der Waals surface area contributed by atoms with Gasteiger partial charge in [-0.2, -0.15) is 0 Å². The molecule has 0 bridgehead atoms. The molecule has 10 heteroatoms. The first-order valence-electron chi connectivity index (χ1n) is 6.49. The van der Waals surface area contributed by atoms with Crippen LogP contribution < -0.4 is 10.0 Å². The first kappa shape index (κ1) is 17.1. The van der Waals surface area contributed by atoms with Crippen molar-refractivity contribution in [3.05, 3.63) is 54.9 Å². The van der Waals surface area contributed by atoms with Crippen molar-refractivity contribution in [2.45, 2.75) is 4.90 Å². The predicted molar refractivity (Wildman–Crippen MR) is 84.7 cm³/mol. The summed E-state index contributed by atoms with van der Waals surface area (Å²) in [7, 11) is -3.86. The topological polar surface area (TPSA) is 138 Å². The van der Waals surface area contributed by atoms with Gasteiger partial charge in [-0.25, -0.2) is 27.9 Å². The van der Waals surface area contributed by atoms with Crippen LogP contribution in [-0.2, 0) is 19.6 Å². The standard InChI is InChI=1S/C14H12N4O5S/c19-12(6-7-13(20)21)17-10-2-4-11(5-3-10)24(22,23)18-14-15-8-1-9-16-14/h1-9H,(H,17,19)(H,20,21)(H,15,16,18). The normalized spacial score (nSPS) is 11.2. The van der Waals surface area contributed by atoms with Crippen LogP contribution in [0, 0.1) is 0 Å². The Hall–Kier alpha value is -3.27. The summed E-state index contributed by atoms with van der Waals surface area (Å²) in [6.07, 6.45) is 4.33. The average Bonchev–Trinajstić information content (AvgIpc) is 2.54. The highest BCUT2D eigenvalue weighted by molar-refractivity contribution is 7.92. The number of hydrogen-bond acceptors (Lipinski definition) is 6. The number of rotatable bonds is 6. The Bertz CT molecular complexity index is 864. The molecule has 24 heavy (non-hydrogen) atoms. The molecule has 1 aromatic carbocycles. The third-order valence-corrected chi connectivity index (χ3v) is 3.94. The van der Waals surface area contributed by atoms with Crippen molar-refractivity contribution in [2.24, 2.45) is 0 Å². The molecule has 0 radical (unpaired) electrons. The van der Waals surface area contributed by atoms with E-state index in [4.69, 9.17) is 5.11 Å². The summed E-state index contributed by atoms with van der Waals surface area (Å²) < 4.78 is 26.5. The molecule has 1 amide bonds. The lowest BCUT2D eigenvalue weighted by Gasteiger charge is -2.07. The van der Waals surface area contributed by atoms with Gasteiger partial charge in [0.05, 0.1) is 4.90 Å². The monoisotopic (exact) mass is 348 g/mol. The van der Waals surface area contributed by atoms with Crippen LogP contribution in [0.25, 0.3) is 0 Å². The maximum Gasteiger partial charge on any atom is 0.328 e. The smallest absolute Gasteiger partial charge is 0.328 e. The van der Waals surface area contributed by atoms with Crippen molar-refractivity contribution < 1.29 is 23.1 Å². The van der Waals surface area contributed by atoms with Gasteiger partial charge in [-0.15, -0.1) is 0 Å². The molecule has 3 N–H and O–H groups in total. The second kappa shape index (κ2) is 7.33. The molecule has 9 nitrogen and oxygen atoms in total. The molecule has 2 rings (SSSR count). The van der Waals surface area contributed by atoms with E-state index in [9.17, 15) is 18.0 Å². The summed E-state index contributed by atoms with van der Waals surface area (Å²) in [5, 5.41) is 10.8. The van der Waals surface area contributed by atoms with Gasteiger partial charge in [0.1, 0.15) is 0 Å².